The smallest absolute Gasteiger partial charge is 0.128 e. The van der Waals surface area contributed by atoms with Crippen LogP contribution in [0.1, 0.15) is 37.7 Å². The van der Waals surface area contributed by atoms with Gasteiger partial charge in [0.15, 0.2) is 0 Å². The highest BCUT2D eigenvalue weighted by Gasteiger charge is 2.36. The molecule has 0 bridgehead atoms. The minimum absolute atomic E-state index is 0.583. The summed E-state index contributed by atoms with van der Waals surface area (Å²) in [6, 6.07) is 5.00. The lowest BCUT2D eigenvalue weighted by atomic mass is 9.85. The van der Waals surface area contributed by atoms with E-state index in [9.17, 15) is 0 Å². The van der Waals surface area contributed by atoms with E-state index in [-0.39, 0.29) is 0 Å². The fourth-order valence-corrected chi connectivity index (χ4v) is 3.40. The second kappa shape index (κ2) is 4.65. The number of fused-ring (bicyclic) bond motifs is 1. The molecule has 2 heterocycles. The molecule has 2 atom stereocenters. The number of pyridine rings is 1. The first-order valence-corrected chi connectivity index (χ1v) is 6.80. The van der Waals surface area contributed by atoms with Crippen LogP contribution in [0, 0.1) is 5.92 Å². The Morgan fingerprint density at radius 3 is 2.88 bits per heavy atom. The molecule has 0 aromatic carbocycles. The van der Waals surface area contributed by atoms with Gasteiger partial charge in [-0.15, -0.1) is 0 Å². The summed E-state index contributed by atoms with van der Waals surface area (Å²) in [6.45, 7) is 1.77. The number of rotatable bonds is 2. The lowest BCUT2D eigenvalue weighted by Crippen LogP contribution is -2.35. The van der Waals surface area contributed by atoms with Crippen molar-refractivity contribution in [3.8, 4) is 0 Å². The Kier molecular flexibility index (Phi) is 3.02. The van der Waals surface area contributed by atoms with E-state index in [4.69, 9.17) is 5.73 Å². The van der Waals surface area contributed by atoms with E-state index in [2.05, 4.69) is 22.0 Å². The second-order valence-electron chi connectivity index (χ2n) is 5.32. The summed E-state index contributed by atoms with van der Waals surface area (Å²) in [5.41, 5.74) is 6.72. The van der Waals surface area contributed by atoms with E-state index < -0.39 is 0 Å². The lowest BCUT2D eigenvalue weighted by Gasteiger charge is -2.32. The summed E-state index contributed by atoms with van der Waals surface area (Å²) >= 11 is 0. The van der Waals surface area contributed by atoms with Gasteiger partial charge in [0, 0.05) is 25.3 Å². The van der Waals surface area contributed by atoms with Gasteiger partial charge in [0.25, 0.3) is 0 Å². The van der Waals surface area contributed by atoms with Gasteiger partial charge in [-0.1, -0.05) is 18.9 Å². The lowest BCUT2D eigenvalue weighted by molar-refractivity contribution is 0.341. The molecular formula is C14H21N3. The highest BCUT2D eigenvalue weighted by atomic mass is 15.2. The number of hydrogen-bond acceptors (Lipinski definition) is 3. The third-order valence-electron chi connectivity index (χ3n) is 4.35. The topological polar surface area (TPSA) is 42.1 Å². The normalized spacial score (nSPS) is 28.2. The molecule has 0 spiro atoms. The van der Waals surface area contributed by atoms with Crippen LogP contribution in [0.3, 0.4) is 0 Å². The predicted octanol–water partition coefficient (Wildman–Crippen LogP) is 2.31. The minimum atomic E-state index is 0.583. The number of anilines is 1. The van der Waals surface area contributed by atoms with Crippen LogP contribution in [0.4, 0.5) is 5.82 Å². The predicted molar refractivity (Wildman–Crippen MR) is 69.8 cm³/mol. The van der Waals surface area contributed by atoms with Gasteiger partial charge in [-0.05, 0) is 36.8 Å². The number of aromatic nitrogens is 1. The van der Waals surface area contributed by atoms with Crippen molar-refractivity contribution in [2.24, 2.45) is 11.7 Å². The molecule has 1 aromatic heterocycles. The number of nitrogens with two attached hydrogens (primary N) is 1. The van der Waals surface area contributed by atoms with E-state index in [0.717, 1.165) is 23.3 Å². The quantitative estimate of drug-likeness (QED) is 0.849. The monoisotopic (exact) mass is 231 g/mol. The maximum atomic E-state index is 5.61. The Balaban J connectivity index is 1.78. The third-order valence-corrected chi connectivity index (χ3v) is 4.35. The third kappa shape index (κ3) is 2.04. The molecule has 2 unspecified atom stereocenters. The molecule has 3 rings (SSSR count). The molecule has 2 fully saturated rings. The van der Waals surface area contributed by atoms with Crippen LogP contribution in [0.2, 0.25) is 0 Å². The van der Waals surface area contributed by atoms with Gasteiger partial charge in [0.1, 0.15) is 5.82 Å². The molecule has 1 aromatic rings. The van der Waals surface area contributed by atoms with E-state index in [1.165, 1.54) is 38.6 Å². The summed E-state index contributed by atoms with van der Waals surface area (Å²) in [4.78, 5) is 7.09. The summed E-state index contributed by atoms with van der Waals surface area (Å²) in [6.07, 6.45) is 8.86. The molecule has 2 N–H and O–H groups in total. The Morgan fingerprint density at radius 2 is 2.12 bits per heavy atom. The van der Waals surface area contributed by atoms with Gasteiger partial charge in [0.05, 0.1) is 0 Å². The Labute approximate surface area is 103 Å². The first-order valence-electron chi connectivity index (χ1n) is 6.80. The molecule has 1 aliphatic carbocycles. The SMILES string of the molecule is NCc1ccc(N2CCC3CCCCC32)nc1. The fraction of sp³-hybridized carbons (Fsp3) is 0.643. The van der Waals surface area contributed by atoms with E-state index >= 15 is 0 Å². The molecule has 17 heavy (non-hydrogen) atoms. The van der Waals surface area contributed by atoms with Crippen LogP contribution in [-0.2, 0) is 6.54 Å². The van der Waals surface area contributed by atoms with Crippen molar-refractivity contribution in [3.05, 3.63) is 23.9 Å². The van der Waals surface area contributed by atoms with Crippen molar-refractivity contribution in [2.45, 2.75) is 44.7 Å². The Morgan fingerprint density at radius 1 is 1.24 bits per heavy atom. The summed E-state index contributed by atoms with van der Waals surface area (Å²) in [5, 5.41) is 0. The largest absolute Gasteiger partial charge is 0.353 e. The van der Waals surface area contributed by atoms with Crippen LogP contribution in [0.15, 0.2) is 18.3 Å². The van der Waals surface area contributed by atoms with E-state index in [0.29, 0.717) is 6.54 Å². The molecule has 3 heteroatoms. The van der Waals surface area contributed by atoms with Crippen molar-refractivity contribution in [2.75, 3.05) is 11.4 Å². The van der Waals surface area contributed by atoms with Gasteiger partial charge in [-0.2, -0.15) is 0 Å². The Hall–Kier alpha value is -1.09. The standard InChI is InChI=1S/C14H21N3/c15-9-11-5-6-14(16-10-11)17-8-7-12-3-1-2-4-13(12)17/h5-6,10,12-13H,1-4,7-9,15H2. The molecule has 3 nitrogen and oxygen atoms in total. The van der Waals surface area contributed by atoms with E-state index in [1.807, 2.05) is 6.20 Å². The van der Waals surface area contributed by atoms with Crippen molar-refractivity contribution in [1.82, 2.24) is 4.98 Å². The van der Waals surface area contributed by atoms with E-state index in [1.54, 1.807) is 0 Å². The molecule has 0 amide bonds. The summed E-state index contributed by atoms with van der Waals surface area (Å²) in [7, 11) is 0. The number of hydrogen-bond donors (Lipinski definition) is 1. The average molecular weight is 231 g/mol. The highest BCUT2D eigenvalue weighted by molar-refractivity contribution is 5.42. The molecule has 0 radical (unpaired) electrons. The average Bonchev–Trinajstić information content (AvgIpc) is 2.83. The molecule has 1 aliphatic heterocycles. The van der Waals surface area contributed by atoms with Gasteiger partial charge in [0.2, 0.25) is 0 Å². The van der Waals surface area contributed by atoms with Gasteiger partial charge < -0.3 is 10.6 Å². The second-order valence-corrected chi connectivity index (χ2v) is 5.32. The van der Waals surface area contributed by atoms with Crippen molar-refractivity contribution < 1.29 is 0 Å². The van der Waals surface area contributed by atoms with Crippen LogP contribution < -0.4 is 10.6 Å². The fourth-order valence-electron chi connectivity index (χ4n) is 3.40. The van der Waals surface area contributed by atoms with Gasteiger partial charge in [-0.25, -0.2) is 4.98 Å². The van der Waals surface area contributed by atoms with Crippen molar-refractivity contribution in [3.63, 3.8) is 0 Å². The van der Waals surface area contributed by atoms with Gasteiger partial charge >= 0.3 is 0 Å². The highest BCUT2D eigenvalue weighted by Crippen LogP contribution is 2.38. The summed E-state index contributed by atoms with van der Waals surface area (Å²) < 4.78 is 0. The van der Waals surface area contributed by atoms with Crippen LogP contribution in [0.5, 0.6) is 0 Å². The molecule has 1 saturated heterocycles. The zero-order valence-corrected chi connectivity index (χ0v) is 10.3. The molecule has 1 saturated carbocycles. The van der Waals surface area contributed by atoms with Crippen molar-refractivity contribution in [1.29, 1.82) is 0 Å². The van der Waals surface area contributed by atoms with Crippen molar-refractivity contribution >= 4 is 5.82 Å². The molecule has 2 aliphatic rings. The number of nitrogens with zero attached hydrogens (tertiary/aromatic N) is 2. The maximum absolute atomic E-state index is 5.61. The van der Waals surface area contributed by atoms with Crippen LogP contribution >= 0.6 is 0 Å². The molecular weight excluding hydrogens is 210 g/mol. The molecule has 92 valence electrons. The van der Waals surface area contributed by atoms with Crippen LogP contribution in [-0.4, -0.2) is 17.6 Å². The maximum Gasteiger partial charge on any atom is 0.128 e. The first-order chi connectivity index (χ1) is 8.38. The zero-order chi connectivity index (χ0) is 11.7. The minimum Gasteiger partial charge on any atom is -0.353 e. The van der Waals surface area contributed by atoms with Crippen LogP contribution in [0.25, 0.3) is 0 Å². The first kappa shape index (κ1) is 11.0. The van der Waals surface area contributed by atoms with Gasteiger partial charge in [-0.3, -0.25) is 0 Å². The Bertz CT molecular complexity index is 374. The summed E-state index contributed by atoms with van der Waals surface area (Å²) in [5.74, 6) is 2.07. The zero-order valence-electron chi connectivity index (χ0n) is 10.3.